The highest BCUT2D eigenvalue weighted by Crippen LogP contribution is 2.34. The summed E-state index contributed by atoms with van der Waals surface area (Å²) >= 11 is 6.38. The molecule has 0 spiro atoms. The van der Waals surface area contributed by atoms with Gasteiger partial charge in [-0.15, -0.1) is 0 Å². The first-order valence-electron chi connectivity index (χ1n) is 8.24. The van der Waals surface area contributed by atoms with Gasteiger partial charge in [-0.3, -0.25) is 0 Å². The summed E-state index contributed by atoms with van der Waals surface area (Å²) in [5.74, 6) is 2.33. The Bertz CT molecular complexity index is 439. The molecule has 1 fully saturated rings. The second-order valence-corrected chi connectivity index (χ2v) is 7.01. The van der Waals surface area contributed by atoms with Crippen LogP contribution >= 0.6 is 11.6 Å². The predicted octanol–water partition coefficient (Wildman–Crippen LogP) is 5.04. The Balaban J connectivity index is 1.94. The first-order valence-corrected chi connectivity index (χ1v) is 8.62. The Morgan fingerprint density at radius 3 is 2.52 bits per heavy atom. The Morgan fingerprint density at radius 1 is 1.19 bits per heavy atom. The fraction of sp³-hybridized carbons (Fsp3) is 0.667. The molecule has 1 N–H and O–H groups in total. The van der Waals surface area contributed by atoms with Gasteiger partial charge in [0.15, 0.2) is 0 Å². The zero-order valence-corrected chi connectivity index (χ0v) is 14.2. The summed E-state index contributed by atoms with van der Waals surface area (Å²) in [6.07, 6.45) is 5.05. The molecule has 0 aliphatic heterocycles. The second kappa shape index (κ2) is 8.05. The third-order valence-electron chi connectivity index (χ3n) is 4.18. The molecule has 0 saturated heterocycles. The Kier molecular flexibility index (Phi) is 6.38. The molecule has 1 saturated carbocycles. The summed E-state index contributed by atoms with van der Waals surface area (Å²) in [7, 11) is 0. The van der Waals surface area contributed by atoms with E-state index in [0.29, 0.717) is 6.10 Å². The van der Waals surface area contributed by atoms with E-state index in [1.807, 2.05) is 12.1 Å². The fourth-order valence-electron chi connectivity index (χ4n) is 3.31. The molecule has 1 aliphatic carbocycles. The van der Waals surface area contributed by atoms with Crippen LogP contribution in [-0.4, -0.2) is 12.6 Å². The van der Waals surface area contributed by atoms with Crippen molar-refractivity contribution in [3.8, 4) is 5.75 Å². The maximum atomic E-state index is 6.38. The molecule has 3 heteroatoms. The lowest BCUT2D eigenvalue weighted by molar-refractivity contribution is 0.101. The van der Waals surface area contributed by atoms with Crippen LogP contribution in [0, 0.1) is 11.8 Å². The van der Waals surface area contributed by atoms with Crippen LogP contribution in [0.25, 0.3) is 0 Å². The minimum atomic E-state index is 0.310. The van der Waals surface area contributed by atoms with E-state index in [2.05, 4.69) is 32.2 Å². The van der Waals surface area contributed by atoms with Crippen molar-refractivity contribution in [3.05, 3.63) is 28.8 Å². The van der Waals surface area contributed by atoms with E-state index < -0.39 is 0 Å². The molecule has 0 radical (unpaired) electrons. The molecular formula is C18H28ClNO. The van der Waals surface area contributed by atoms with Gasteiger partial charge in [-0.1, -0.05) is 38.4 Å². The van der Waals surface area contributed by atoms with Gasteiger partial charge < -0.3 is 10.1 Å². The lowest BCUT2D eigenvalue weighted by Crippen LogP contribution is -2.28. The summed E-state index contributed by atoms with van der Waals surface area (Å²) in [6, 6.07) is 6.16. The van der Waals surface area contributed by atoms with Gasteiger partial charge in [0, 0.05) is 6.54 Å². The molecule has 0 aromatic heterocycles. The molecule has 1 aromatic carbocycles. The zero-order valence-electron chi connectivity index (χ0n) is 13.5. The van der Waals surface area contributed by atoms with Gasteiger partial charge in [0.2, 0.25) is 0 Å². The van der Waals surface area contributed by atoms with Crippen LogP contribution in [-0.2, 0) is 6.54 Å². The van der Waals surface area contributed by atoms with E-state index in [4.69, 9.17) is 16.3 Å². The normalized spacial score (nSPS) is 25.8. The van der Waals surface area contributed by atoms with Crippen LogP contribution in [0.15, 0.2) is 18.2 Å². The molecule has 21 heavy (non-hydrogen) atoms. The first-order chi connectivity index (χ1) is 10.1. The minimum absolute atomic E-state index is 0.310. The molecule has 2 atom stereocenters. The smallest absolute Gasteiger partial charge is 0.138 e. The van der Waals surface area contributed by atoms with Crippen LogP contribution in [0.5, 0.6) is 5.75 Å². The topological polar surface area (TPSA) is 21.3 Å². The molecule has 2 rings (SSSR count). The number of halogens is 1. The van der Waals surface area contributed by atoms with Crippen molar-refractivity contribution in [1.82, 2.24) is 5.32 Å². The molecule has 2 nitrogen and oxygen atoms in total. The predicted molar refractivity (Wildman–Crippen MR) is 90.0 cm³/mol. The molecule has 0 heterocycles. The van der Waals surface area contributed by atoms with E-state index in [9.17, 15) is 0 Å². The van der Waals surface area contributed by atoms with Crippen molar-refractivity contribution in [2.24, 2.45) is 11.8 Å². The largest absolute Gasteiger partial charge is 0.489 e. The quantitative estimate of drug-likeness (QED) is 0.743. The number of hydrogen-bond acceptors (Lipinski definition) is 2. The van der Waals surface area contributed by atoms with Crippen molar-refractivity contribution < 1.29 is 4.74 Å². The maximum Gasteiger partial charge on any atom is 0.138 e. The van der Waals surface area contributed by atoms with Gasteiger partial charge in [-0.25, -0.2) is 0 Å². The van der Waals surface area contributed by atoms with E-state index in [-0.39, 0.29) is 0 Å². The first kappa shape index (κ1) is 16.6. The fourth-order valence-corrected chi connectivity index (χ4v) is 3.56. The molecular weight excluding hydrogens is 282 g/mol. The monoisotopic (exact) mass is 309 g/mol. The van der Waals surface area contributed by atoms with Crippen molar-refractivity contribution in [2.45, 2.75) is 59.1 Å². The third-order valence-corrected chi connectivity index (χ3v) is 4.48. The Labute approximate surface area is 134 Å². The van der Waals surface area contributed by atoms with Crippen LogP contribution in [0.3, 0.4) is 0 Å². The highest BCUT2D eigenvalue weighted by molar-refractivity contribution is 6.32. The zero-order chi connectivity index (χ0) is 15.2. The van der Waals surface area contributed by atoms with E-state index in [0.717, 1.165) is 55.0 Å². The molecule has 0 bridgehead atoms. The van der Waals surface area contributed by atoms with Crippen molar-refractivity contribution >= 4 is 11.6 Å². The van der Waals surface area contributed by atoms with Gasteiger partial charge >= 0.3 is 0 Å². The summed E-state index contributed by atoms with van der Waals surface area (Å²) < 4.78 is 6.16. The number of hydrogen-bond donors (Lipinski definition) is 1. The highest BCUT2D eigenvalue weighted by Gasteiger charge is 2.25. The lowest BCUT2D eigenvalue weighted by Gasteiger charge is -2.32. The van der Waals surface area contributed by atoms with Crippen LogP contribution < -0.4 is 10.1 Å². The standard InChI is InChI=1S/C18H28ClNO/c1-4-7-20-12-15-5-6-18(17(19)11-15)21-16-9-13(2)8-14(3)10-16/h5-6,11,13-14,16,20H,4,7-10,12H2,1-3H3. The van der Waals surface area contributed by atoms with Crippen molar-refractivity contribution in [2.75, 3.05) is 6.54 Å². The van der Waals surface area contributed by atoms with E-state index >= 15 is 0 Å². The average Bonchev–Trinajstić information content (AvgIpc) is 2.41. The summed E-state index contributed by atoms with van der Waals surface area (Å²) in [5, 5.41) is 4.12. The van der Waals surface area contributed by atoms with Gasteiger partial charge in [-0.05, 0) is 61.8 Å². The Hall–Kier alpha value is -0.730. The number of rotatable bonds is 6. The van der Waals surface area contributed by atoms with Gasteiger partial charge in [0.25, 0.3) is 0 Å². The minimum Gasteiger partial charge on any atom is -0.489 e. The van der Waals surface area contributed by atoms with Crippen LogP contribution in [0.4, 0.5) is 0 Å². The number of nitrogens with one attached hydrogen (secondary N) is 1. The highest BCUT2D eigenvalue weighted by atomic mass is 35.5. The molecule has 1 aromatic rings. The molecule has 0 amide bonds. The molecule has 118 valence electrons. The number of ether oxygens (including phenoxy) is 1. The molecule has 2 unspecified atom stereocenters. The van der Waals surface area contributed by atoms with E-state index in [1.54, 1.807) is 0 Å². The lowest BCUT2D eigenvalue weighted by atomic mass is 9.82. The Morgan fingerprint density at radius 2 is 1.90 bits per heavy atom. The SMILES string of the molecule is CCCNCc1ccc(OC2CC(C)CC(C)C2)c(Cl)c1. The van der Waals surface area contributed by atoms with Crippen molar-refractivity contribution in [1.29, 1.82) is 0 Å². The summed E-state index contributed by atoms with van der Waals surface area (Å²) in [4.78, 5) is 0. The third kappa shape index (κ3) is 5.19. The van der Waals surface area contributed by atoms with Gasteiger partial charge in [0.05, 0.1) is 11.1 Å². The summed E-state index contributed by atoms with van der Waals surface area (Å²) in [5.41, 5.74) is 1.21. The van der Waals surface area contributed by atoms with Gasteiger partial charge in [-0.2, -0.15) is 0 Å². The molecule has 1 aliphatic rings. The van der Waals surface area contributed by atoms with E-state index in [1.165, 1.54) is 12.0 Å². The summed E-state index contributed by atoms with van der Waals surface area (Å²) in [6.45, 7) is 8.70. The van der Waals surface area contributed by atoms with Crippen LogP contribution in [0.2, 0.25) is 5.02 Å². The second-order valence-electron chi connectivity index (χ2n) is 6.60. The van der Waals surface area contributed by atoms with Gasteiger partial charge in [0.1, 0.15) is 5.75 Å². The van der Waals surface area contributed by atoms with Crippen molar-refractivity contribution in [3.63, 3.8) is 0 Å². The number of benzene rings is 1. The van der Waals surface area contributed by atoms with Crippen LogP contribution in [0.1, 0.15) is 52.0 Å². The maximum absolute atomic E-state index is 6.38. The average molecular weight is 310 g/mol.